The largest absolute Gasteiger partial charge is 0.356 e. The average Bonchev–Trinajstić information content (AvgIpc) is 2.75. The molecule has 0 fully saturated rings. The van der Waals surface area contributed by atoms with Crippen LogP contribution in [-0.4, -0.2) is 22.0 Å². The maximum Gasteiger partial charge on any atom is 0.221 e. The van der Waals surface area contributed by atoms with Crippen LogP contribution in [0, 0.1) is 9.39 Å². The fourth-order valence-electron chi connectivity index (χ4n) is 2.18. The molecule has 21 heavy (non-hydrogen) atoms. The monoisotopic (exact) mass is 423 g/mol. The molecule has 4 nitrogen and oxygen atoms in total. The molecule has 0 aliphatic heterocycles. The lowest BCUT2D eigenvalue weighted by atomic mass is 10.3. The van der Waals surface area contributed by atoms with Crippen LogP contribution in [0.1, 0.15) is 31.5 Å². The number of hydrogen-bond acceptors (Lipinski definition) is 2. The van der Waals surface area contributed by atoms with E-state index >= 15 is 0 Å². The summed E-state index contributed by atoms with van der Waals surface area (Å²) >= 11 is 8.09. The number of amides is 1. The summed E-state index contributed by atoms with van der Waals surface area (Å²) in [5.74, 6) is 0.312. The summed E-state index contributed by atoms with van der Waals surface area (Å²) in [5.41, 5.74) is 1.36. The lowest BCUT2D eigenvalue weighted by molar-refractivity contribution is -0.121. The minimum atomic E-state index is -0.313. The number of halogens is 3. The Kier molecular flexibility index (Phi) is 5.43. The predicted octanol–water partition coefficient (Wildman–Crippen LogP) is 3.61. The van der Waals surface area contributed by atoms with E-state index in [1.54, 1.807) is 6.07 Å². The van der Waals surface area contributed by atoms with Gasteiger partial charge in [-0.2, -0.15) is 0 Å². The fraction of sp³-hybridized carbons (Fsp3) is 0.429. The van der Waals surface area contributed by atoms with Crippen molar-refractivity contribution < 1.29 is 9.18 Å². The lowest BCUT2D eigenvalue weighted by Gasteiger charge is -2.10. The van der Waals surface area contributed by atoms with E-state index in [-0.39, 0.29) is 17.1 Å². The summed E-state index contributed by atoms with van der Waals surface area (Å²) in [6.45, 7) is 4.70. The second-order valence-corrected chi connectivity index (χ2v) is 6.51. The maximum absolute atomic E-state index is 13.8. The van der Waals surface area contributed by atoms with Crippen molar-refractivity contribution in [2.45, 2.75) is 32.2 Å². The molecule has 2 rings (SSSR count). The minimum absolute atomic E-state index is 0.0430. The van der Waals surface area contributed by atoms with E-state index in [0.29, 0.717) is 39.9 Å². The predicted molar refractivity (Wildman–Crippen MR) is 90.0 cm³/mol. The van der Waals surface area contributed by atoms with E-state index in [1.165, 1.54) is 6.07 Å². The third-order valence-electron chi connectivity index (χ3n) is 3.11. The highest BCUT2D eigenvalue weighted by Gasteiger charge is 2.17. The van der Waals surface area contributed by atoms with Gasteiger partial charge in [0.2, 0.25) is 5.91 Å². The van der Waals surface area contributed by atoms with E-state index < -0.39 is 0 Å². The molecule has 0 saturated carbocycles. The SMILES string of the molecule is CCNC(=O)CCn1c(C(C)Cl)nc2cc(I)c(F)cc21. The molecule has 114 valence electrons. The molecule has 1 unspecified atom stereocenters. The molecule has 1 N–H and O–H groups in total. The zero-order valence-corrected chi connectivity index (χ0v) is 14.7. The average molecular weight is 424 g/mol. The van der Waals surface area contributed by atoms with Gasteiger partial charge in [-0.25, -0.2) is 9.37 Å². The number of carbonyl (C=O) groups is 1. The van der Waals surface area contributed by atoms with Crippen LogP contribution >= 0.6 is 34.2 Å². The number of rotatable bonds is 5. The highest BCUT2D eigenvalue weighted by Crippen LogP contribution is 2.27. The van der Waals surface area contributed by atoms with Gasteiger partial charge < -0.3 is 9.88 Å². The molecule has 0 spiro atoms. The number of carbonyl (C=O) groups excluding carboxylic acids is 1. The smallest absolute Gasteiger partial charge is 0.221 e. The van der Waals surface area contributed by atoms with Crippen LogP contribution in [0.4, 0.5) is 4.39 Å². The minimum Gasteiger partial charge on any atom is -0.356 e. The van der Waals surface area contributed by atoms with Crippen LogP contribution in [0.2, 0.25) is 0 Å². The highest BCUT2D eigenvalue weighted by atomic mass is 127. The standard InChI is InChI=1S/C14H16ClFIN3O/c1-3-18-13(21)4-5-20-12-6-9(16)10(17)7-11(12)19-14(20)8(2)15/h6-8H,3-5H2,1-2H3,(H,18,21). The van der Waals surface area contributed by atoms with Crippen LogP contribution in [-0.2, 0) is 11.3 Å². The van der Waals surface area contributed by atoms with Crippen molar-refractivity contribution in [3.05, 3.63) is 27.3 Å². The zero-order valence-electron chi connectivity index (χ0n) is 11.8. The topological polar surface area (TPSA) is 46.9 Å². The molecule has 0 aliphatic rings. The van der Waals surface area contributed by atoms with Crippen molar-refractivity contribution in [3.8, 4) is 0 Å². The molecule has 1 aromatic carbocycles. The van der Waals surface area contributed by atoms with Gasteiger partial charge in [0.05, 0.1) is 20.0 Å². The molecule has 0 aliphatic carbocycles. The summed E-state index contributed by atoms with van der Waals surface area (Å²) in [4.78, 5) is 16.1. The highest BCUT2D eigenvalue weighted by molar-refractivity contribution is 14.1. The lowest BCUT2D eigenvalue weighted by Crippen LogP contribution is -2.24. The van der Waals surface area contributed by atoms with Gasteiger partial charge in [0.15, 0.2) is 0 Å². The number of aryl methyl sites for hydroxylation is 1. The Morgan fingerprint density at radius 2 is 2.29 bits per heavy atom. The maximum atomic E-state index is 13.8. The van der Waals surface area contributed by atoms with Gasteiger partial charge in [-0.3, -0.25) is 4.79 Å². The number of imidazole rings is 1. The van der Waals surface area contributed by atoms with E-state index in [4.69, 9.17) is 11.6 Å². The summed E-state index contributed by atoms with van der Waals surface area (Å²) in [6, 6.07) is 3.14. The quantitative estimate of drug-likeness (QED) is 0.590. The van der Waals surface area contributed by atoms with Crippen LogP contribution in [0.5, 0.6) is 0 Å². The first kappa shape index (κ1) is 16.5. The molecule has 1 aromatic heterocycles. The molecular formula is C14H16ClFIN3O. The number of aromatic nitrogens is 2. The van der Waals surface area contributed by atoms with Crippen LogP contribution in [0.3, 0.4) is 0 Å². The second-order valence-electron chi connectivity index (χ2n) is 4.70. The number of fused-ring (bicyclic) bond motifs is 1. The zero-order chi connectivity index (χ0) is 15.6. The first-order valence-electron chi connectivity index (χ1n) is 6.70. The first-order chi connectivity index (χ1) is 9.93. The molecule has 1 heterocycles. The number of benzene rings is 1. The van der Waals surface area contributed by atoms with Crippen LogP contribution < -0.4 is 5.32 Å². The molecule has 2 aromatic rings. The molecule has 0 radical (unpaired) electrons. The van der Waals surface area contributed by atoms with Crippen molar-refractivity contribution in [3.63, 3.8) is 0 Å². The second kappa shape index (κ2) is 6.91. The van der Waals surface area contributed by atoms with Gasteiger partial charge in [0, 0.05) is 25.6 Å². The fourth-order valence-corrected chi connectivity index (χ4v) is 2.79. The molecule has 1 atom stereocenters. The Morgan fingerprint density at radius 1 is 1.57 bits per heavy atom. The van der Waals surface area contributed by atoms with Crippen LogP contribution in [0.15, 0.2) is 12.1 Å². The van der Waals surface area contributed by atoms with Crippen LogP contribution in [0.25, 0.3) is 11.0 Å². The van der Waals surface area contributed by atoms with Crippen molar-refractivity contribution in [2.24, 2.45) is 0 Å². The van der Waals surface area contributed by atoms with Gasteiger partial charge >= 0.3 is 0 Å². The van der Waals surface area contributed by atoms with E-state index in [0.717, 1.165) is 0 Å². The van der Waals surface area contributed by atoms with Gasteiger partial charge in [0.25, 0.3) is 0 Å². The molecular weight excluding hydrogens is 408 g/mol. The summed E-state index contributed by atoms with van der Waals surface area (Å²) in [5, 5.41) is 2.43. The molecule has 7 heteroatoms. The van der Waals surface area contributed by atoms with Crippen molar-refractivity contribution in [2.75, 3.05) is 6.54 Å². The summed E-state index contributed by atoms with van der Waals surface area (Å²) in [7, 11) is 0. The summed E-state index contributed by atoms with van der Waals surface area (Å²) < 4.78 is 16.1. The number of alkyl halides is 1. The van der Waals surface area contributed by atoms with Crippen molar-refractivity contribution >= 4 is 51.1 Å². The Hall–Kier alpha value is -0.890. The van der Waals surface area contributed by atoms with Crippen molar-refractivity contribution in [1.29, 1.82) is 0 Å². The Labute approximate surface area is 141 Å². The van der Waals surface area contributed by atoms with Gasteiger partial charge in [0.1, 0.15) is 11.6 Å². The van der Waals surface area contributed by atoms with Gasteiger partial charge in [-0.05, 0) is 42.5 Å². The summed E-state index contributed by atoms with van der Waals surface area (Å²) in [6.07, 6.45) is 0.309. The van der Waals surface area contributed by atoms with E-state index in [1.807, 2.05) is 41.0 Å². The number of nitrogens with zero attached hydrogens (tertiary/aromatic N) is 2. The normalized spacial score (nSPS) is 12.6. The first-order valence-corrected chi connectivity index (χ1v) is 8.21. The van der Waals surface area contributed by atoms with Gasteiger partial charge in [-0.1, -0.05) is 0 Å². The van der Waals surface area contributed by atoms with Crippen molar-refractivity contribution in [1.82, 2.24) is 14.9 Å². The van der Waals surface area contributed by atoms with E-state index in [2.05, 4.69) is 10.3 Å². The third kappa shape index (κ3) is 3.66. The Balaban J connectivity index is 2.41. The molecule has 0 bridgehead atoms. The Morgan fingerprint density at radius 3 is 2.90 bits per heavy atom. The molecule has 1 amide bonds. The number of hydrogen-bond donors (Lipinski definition) is 1. The Bertz CT molecular complexity index is 672. The third-order valence-corrected chi connectivity index (χ3v) is 4.13. The van der Waals surface area contributed by atoms with E-state index in [9.17, 15) is 9.18 Å². The molecule has 0 saturated heterocycles. The number of nitrogens with one attached hydrogen (secondary N) is 1. The van der Waals surface area contributed by atoms with Gasteiger partial charge in [-0.15, -0.1) is 11.6 Å².